The van der Waals surface area contributed by atoms with Gasteiger partial charge in [0, 0.05) is 12.4 Å². The number of aliphatic imine (C=N–C) groups is 2. The highest BCUT2D eigenvalue weighted by Gasteiger charge is 2.21. The first-order valence-electron chi connectivity index (χ1n) is 8.63. The van der Waals surface area contributed by atoms with Crippen molar-refractivity contribution in [2.75, 3.05) is 6.67 Å². The van der Waals surface area contributed by atoms with Gasteiger partial charge >= 0.3 is 0 Å². The molecule has 5 rings (SSSR count). The molecular weight excluding hydrogens is 280 g/mol. The summed E-state index contributed by atoms with van der Waals surface area (Å²) in [4.78, 5) is 7.47. The first-order valence-corrected chi connectivity index (χ1v) is 8.63. The van der Waals surface area contributed by atoms with Crippen LogP contribution in [0, 0.1) is 0 Å². The SMILES string of the molecule is C1=NCN=C1.c1ccc2c(c1)CCc1c-2ccc2c1CCCC2. The number of hydrogen-bond donors (Lipinski definition) is 0. The van der Waals surface area contributed by atoms with Crippen LogP contribution in [0.2, 0.25) is 0 Å². The largest absolute Gasteiger partial charge is 0.268 e. The van der Waals surface area contributed by atoms with Crippen LogP contribution in [0.25, 0.3) is 11.1 Å². The summed E-state index contributed by atoms with van der Waals surface area (Å²) in [6.07, 6.45) is 11.2. The molecule has 3 aliphatic rings. The predicted molar refractivity (Wildman–Crippen MR) is 97.8 cm³/mol. The Morgan fingerprint density at radius 1 is 0.609 bits per heavy atom. The van der Waals surface area contributed by atoms with E-state index in [0.717, 1.165) is 0 Å². The summed E-state index contributed by atoms with van der Waals surface area (Å²) in [6.45, 7) is 0.639. The maximum absolute atomic E-state index is 3.74. The molecule has 0 N–H and O–H groups in total. The van der Waals surface area contributed by atoms with Crippen molar-refractivity contribution in [1.29, 1.82) is 0 Å². The summed E-state index contributed by atoms with van der Waals surface area (Å²) in [6, 6.07) is 13.7. The fraction of sp³-hybridized carbons (Fsp3) is 0.333. The van der Waals surface area contributed by atoms with Gasteiger partial charge in [-0.2, -0.15) is 0 Å². The second-order valence-corrected chi connectivity index (χ2v) is 6.40. The molecule has 0 bridgehead atoms. The van der Waals surface area contributed by atoms with Gasteiger partial charge in [0.05, 0.1) is 0 Å². The van der Waals surface area contributed by atoms with Crippen molar-refractivity contribution in [1.82, 2.24) is 0 Å². The van der Waals surface area contributed by atoms with Gasteiger partial charge in [-0.05, 0) is 71.9 Å². The molecule has 0 fully saturated rings. The van der Waals surface area contributed by atoms with Crippen molar-refractivity contribution < 1.29 is 0 Å². The summed E-state index contributed by atoms with van der Waals surface area (Å²) in [5.41, 5.74) is 9.49. The van der Waals surface area contributed by atoms with Gasteiger partial charge in [0.2, 0.25) is 0 Å². The van der Waals surface area contributed by atoms with Crippen LogP contribution in [0.4, 0.5) is 0 Å². The molecule has 0 radical (unpaired) electrons. The van der Waals surface area contributed by atoms with E-state index in [-0.39, 0.29) is 0 Å². The maximum atomic E-state index is 3.74. The first kappa shape index (κ1) is 14.4. The molecule has 116 valence electrons. The van der Waals surface area contributed by atoms with Gasteiger partial charge in [0.15, 0.2) is 0 Å². The number of benzene rings is 2. The Morgan fingerprint density at radius 2 is 1.43 bits per heavy atom. The van der Waals surface area contributed by atoms with Crippen LogP contribution in [0.1, 0.15) is 35.1 Å². The minimum Gasteiger partial charge on any atom is -0.268 e. The van der Waals surface area contributed by atoms with Crippen LogP contribution < -0.4 is 0 Å². The molecule has 1 heterocycles. The summed E-state index contributed by atoms with van der Waals surface area (Å²) in [5.74, 6) is 0. The average molecular weight is 302 g/mol. The van der Waals surface area contributed by atoms with E-state index in [2.05, 4.69) is 46.4 Å². The highest BCUT2D eigenvalue weighted by Crippen LogP contribution is 2.38. The van der Waals surface area contributed by atoms with Gasteiger partial charge in [-0.3, -0.25) is 9.98 Å². The zero-order valence-corrected chi connectivity index (χ0v) is 13.5. The Labute approximate surface area is 138 Å². The molecule has 0 unspecified atom stereocenters. The second-order valence-electron chi connectivity index (χ2n) is 6.40. The van der Waals surface area contributed by atoms with E-state index < -0.39 is 0 Å². The van der Waals surface area contributed by atoms with Crippen LogP contribution in [0.3, 0.4) is 0 Å². The monoisotopic (exact) mass is 302 g/mol. The molecule has 0 aromatic heterocycles. The number of nitrogens with zero attached hydrogens (tertiary/aromatic N) is 2. The fourth-order valence-electron chi connectivity index (χ4n) is 3.94. The Morgan fingerprint density at radius 3 is 2.26 bits per heavy atom. The quantitative estimate of drug-likeness (QED) is 0.688. The molecule has 2 aliphatic carbocycles. The Kier molecular flexibility index (Phi) is 4.06. The summed E-state index contributed by atoms with van der Waals surface area (Å²) < 4.78 is 0. The first-order chi connectivity index (χ1) is 11.4. The molecule has 23 heavy (non-hydrogen) atoms. The minimum atomic E-state index is 0.639. The van der Waals surface area contributed by atoms with Crippen molar-refractivity contribution in [3.8, 4) is 11.1 Å². The van der Waals surface area contributed by atoms with E-state index in [1.54, 1.807) is 29.1 Å². The van der Waals surface area contributed by atoms with Crippen LogP contribution >= 0.6 is 0 Å². The lowest BCUT2D eigenvalue weighted by Crippen LogP contribution is -2.12. The third kappa shape index (κ3) is 2.86. The fourth-order valence-corrected chi connectivity index (χ4v) is 3.94. The lowest BCUT2D eigenvalue weighted by atomic mass is 9.78. The van der Waals surface area contributed by atoms with Crippen molar-refractivity contribution in [3.63, 3.8) is 0 Å². The lowest BCUT2D eigenvalue weighted by Gasteiger charge is -2.26. The topological polar surface area (TPSA) is 24.7 Å². The molecule has 2 aromatic carbocycles. The van der Waals surface area contributed by atoms with Gasteiger partial charge in [-0.15, -0.1) is 0 Å². The normalized spacial score (nSPS) is 16.9. The van der Waals surface area contributed by atoms with Crippen molar-refractivity contribution in [2.45, 2.75) is 38.5 Å². The van der Waals surface area contributed by atoms with Gasteiger partial charge in [-0.1, -0.05) is 36.4 Å². The molecule has 2 aromatic rings. The van der Waals surface area contributed by atoms with Crippen molar-refractivity contribution in [2.24, 2.45) is 9.98 Å². The van der Waals surface area contributed by atoms with Gasteiger partial charge in [0.1, 0.15) is 6.67 Å². The van der Waals surface area contributed by atoms with Gasteiger partial charge in [0.25, 0.3) is 0 Å². The highest BCUT2D eigenvalue weighted by atomic mass is 14.9. The van der Waals surface area contributed by atoms with E-state index in [1.807, 2.05) is 0 Å². The number of fused-ring (bicyclic) bond motifs is 5. The maximum Gasteiger partial charge on any atom is 0.129 e. The standard InChI is InChI=1S/C18H18.C3H4N2/c1-3-7-15-13(5-1)9-11-18-16-8-4-2-6-14(16)10-12-17(15)18;1-2-5-3-4-1/h1,3,5,7,10,12H,2,4,6,8-9,11H2;1-2H,3H2. The number of aryl methyl sites for hydroxylation is 2. The van der Waals surface area contributed by atoms with Crippen LogP contribution in [-0.2, 0) is 25.7 Å². The van der Waals surface area contributed by atoms with E-state index in [0.29, 0.717) is 6.67 Å². The molecule has 0 amide bonds. The molecule has 0 atom stereocenters. The number of rotatable bonds is 0. The number of hydrogen-bond acceptors (Lipinski definition) is 2. The zero-order chi connectivity index (χ0) is 15.5. The summed E-state index contributed by atoms with van der Waals surface area (Å²) in [7, 11) is 0. The molecule has 2 nitrogen and oxygen atoms in total. The molecule has 0 saturated carbocycles. The zero-order valence-electron chi connectivity index (χ0n) is 13.5. The molecule has 1 aliphatic heterocycles. The van der Waals surface area contributed by atoms with E-state index in [1.165, 1.54) is 55.2 Å². The molecule has 0 saturated heterocycles. The third-order valence-electron chi connectivity index (χ3n) is 5.04. The van der Waals surface area contributed by atoms with Gasteiger partial charge < -0.3 is 0 Å². The van der Waals surface area contributed by atoms with Crippen molar-refractivity contribution in [3.05, 3.63) is 58.7 Å². The highest BCUT2D eigenvalue weighted by molar-refractivity contribution is 6.17. The summed E-state index contributed by atoms with van der Waals surface area (Å²) >= 11 is 0. The van der Waals surface area contributed by atoms with Crippen LogP contribution in [0.15, 0.2) is 46.4 Å². The average Bonchev–Trinajstić information content (AvgIpc) is 3.21. The predicted octanol–water partition coefficient (Wildman–Crippen LogP) is 4.43. The molecule has 0 spiro atoms. The van der Waals surface area contributed by atoms with E-state index in [4.69, 9.17) is 0 Å². The van der Waals surface area contributed by atoms with Crippen LogP contribution in [0.5, 0.6) is 0 Å². The smallest absolute Gasteiger partial charge is 0.129 e. The lowest BCUT2D eigenvalue weighted by molar-refractivity contribution is 0.676. The summed E-state index contributed by atoms with van der Waals surface area (Å²) in [5, 5.41) is 0. The van der Waals surface area contributed by atoms with Crippen LogP contribution in [-0.4, -0.2) is 19.1 Å². The third-order valence-corrected chi connectivity index (χ3v) is 5.04. The Bertz CT molecular complexity index is 761. The minimum absolute atomic E-state index is 0.639. The second kappa shape index (κ2) is 6.49. The molecule has 2 heteroatoms. The van der Waals surface area contributed by atoms with E-state index in [9.17, 15) is 0 Å². The Hall–Kier alpha value is -2.22. The van der Waals surface area contributed by atoms with Gasteiger partial charge in [-0.25, -0.2) is 0 Å². The van der Waals surface area contributed by atoms with Crippen molar-refractivity contribution >= 4 is 12.4 Å². The Balaban J connectivity index is 0.000000233. The molecular formula is C21H22N2. The van der Waals surface area contributed by atoms with E-state index >= 15 is 0 Å².